The second kappa shape index (κ2) is 5.75. The van der Waals surface area contributed by atoms with E-state index in [1.165, 1.54) is 13.0 Å². The molecule has 2 bridgehead atoms. The van der Waals surface area contributed by atoms with Crippen LogP contribution in [-0.2, 0) is 14.3 Å². The van der Waals surface area contributed by atoms with Gasteiger partial charge in [0.15, 0.2) is 5.78 Å². The minimum Gasteiger partial charge on any atom is -0.492 e. The zero-order chi connectivity index (χ0) is 18.6. The lowest BCUT2D eigenvalue weighted by atomic mass is 9.77. The van der Waals surface area contributed by atoms with Gasteiger partial charge < -0.3 is 14.6 Å². The maximum absolute atomic E-state index is 13.1. The zero-order valence-corrected chi connectivity index (χ0v) is 14.5. The van der Waals surface area contributed by atoms with Crippen molar-refractivity contribution in [3.63, 3.8) is 0 Å². The van der Waals surface area contributed by atoms with Gasteiger partial charge in [-0.05, 0) is 32.0 Å². The lowest BCUT2D eigenvalue weighted by Crippen LogP contribution is -2.43. The van der Waals surface area contributed by atoms with Crippen LogP contribution in [0.5, 0.6) is 5.75 Å². The Labute approximate surface area is 150 Å². The predicted molar refractivity (Wildman–Crippen MR) is 90.9 cm³/mol. The van der Waals surface area contributed by atoms with Crippen molar-refractivity contribution in [3.8, 4) is 5.75 Å². The molecule has 1 aromatic carbocycles. The first-order valence-electron chi connectivity index (χ1n) is 8.57. The minimum atomic E-state index is -1.15. The third-order valence-electron chi connectivity index (χ3n) is 5.31. The van der Waals surface area contributed by atoms with Crippen LogP contribution in [0, 0.1) is 11.8 Å². The molecule has 2 amide bonds. The summed E-state index contributed by atoms with van der Waals surface area (Å²) in [5.41, 5.74) is -0.507. The highest BCUT2D eigenvalue weighted by molar-refractivity contribution is 6.24. The Balaban J connectivity index is 1.80. The molecule has 0 saturated carbocycles. The number of imide groups is 1. The van der Waals surface area contributed by atoms with Gasteiger partial charge in [-0.3, -0.25) is 14.4 Å². The van der Waals surface area contributed by atoms with Gasteiger partial charge in [-0.25, -0.2) is 4.90 Å². The van der Waals surface area contributed by atoms with E-state index in [0.717, 1.165) is 4.90 Å². The summed E-state index contributed by atoms with van der Waals surface area (Å²) in [6.07, 6.45) is 2.87. The van der Waals surface area contributed by atoms with Crippen LogP contribution in [-0.4, -0.2) is 47.6 Å². The number of amides is 2. The summed E-state index contributed by atoms with van der Waals surface area (Å²) in [6, 6.07) is 4.70. The van der Waals surface area contributed by atoms with Crippen LogP contribution in [0.15, 0.2) is 30.4 Å². The molecule has 3 heterocycles. The molecule has 7 heteroatoms. The second-order valence-corrected chi connectivity index (χ2v) is 6.74. The quantitative estimate of drug-likeness (QED) is 0.482. The standard InChI is InChI=1S/C19H19NO6/c1-3-25-13-5-4-11(10(2)22)8-12(13)20-17(23)15-14-6-7-19(9-21,26-14)16(15)18(20)24/h4-8,14-16,21H,3,9H2,1-2H3/t14-,15-,16+,19-/m0/s1. The van der Waals surface area contributed by atoms with Crippen LogP contribution in [0.3, 0.4) is 0 Å². The number of ketones is 1. The number of ether oxygens (including phenoxy) is 2. The Kier molecular flexibility index (Phi) is 3.75. The average molecular weight is 357 g/mol. The number of fused-ring (bicyclic) bond motifs is 5. The van der Waals surface area contributed by atoms with Crippen molar-refractivity contribution >= 4 is 23.3 Å². The van der Waals surface area contributed by atoms with Crippen molar-refractivity contribution in [2.24, 2.45) is 11.8 Å². The monoisotopic (exact) mass is 357 g/mol. The number of benzene rings is 1. The van der Waals surface area contributed by atoms with Crippen LogP contribution in [0.25, 0.3) is 0 Å². The van der Waals surface area contributed by atoms with E-state index in [4.69, 9.17) is 9.47 Å². The van der Waals surface area contributed by atoms with E-state index in [2.05, 4.69) is 0 Å². The zero-order valence-electron chi connectivity index (χ0n) is 14.5. The Bertz CT molecular complexity index is 846. The summed E-state index contributed by atoms with van der Waals surface area (Å²) in [4.78, 5) is 39.0. The number of aliphatic hydroxyl groups excluding tert-OH is 1. The van der Waals surface area contributed by atoms with Gasteiger partial charge in [0.1, 0.15) is 11.4 Å². The number of hydrogen-bond acceptors (Lipinski definition) is 6. The number of carbonyl (C=O) groups excluding carboxylic acids is 3. The molecule has 0 spiro atoms. The van der Waals surface area contributed by atoms with E-state index in [-0.39, 0.29) is 18.1 Å². The Morgan fingerprint density at radius 1 is 1.35 bits per heavy atom. The number of nitrogens with zero attached hydrogens (tertiary/aromatic N) is 1. The molecule has 0 unspecified atom stereocenters. The SMILES string of the molecule is CCOc1ccc(C(C)=O)cc1N1C(=O)[C@H]2[C@@H]3C=C[C@@](CO)(O3)[C@H]2C1=O. The summed E-state index contributed by atoms with van der Waals surface area (Å²) >= 11 is 0. The number of carbonyl (C=O) groups is 3. The largest absolute Gasteiger partial charge is 0.492 e. The molecule has 26 heavy (non-hydrogen) atoms. The van der Waals surface area contributed by atoms with Crippen LogP contribution in [0.1, 0.15) is 24.2 Å². The third kappa shape index (κ3) is 2.10. The molecule has 1 aromatic rings. The molecule has 3 aliphatic heterocycles. The fourth-order valence-electron chi connectivity index (χ4n) is 4.11. The van der Waals surface area contributed by atoms with Crippen molar-refractivity contribution in [1.82, 2.24) is 0 Å². The molecule has 0 aliphatic carbocycles. The van der Waals surface area contributed by atoms with Crippen LogP contribution in [0.4, 0.5) is 5.69 Å². The number of aliphatic hydroxyl groups is 1. The number of Topliss-reactive ketones (excluding diaryl/α,β-unsaturated/α-hetero) is 1. The second-order valence-electron chi connectivity index (χ2n) is 6.74. The van der Waals surface area contributed by atoms with Gasteiger partial charge in [0.2, 0.25) is 11.8 Å². The highest BCUT2D eigenvalue weighted by Crippen LogP contribution is 2.53. The molecular formula is C19H19NO6. The fraction of sp³-hybridized carbons (Fsp3) is 0.421. The maximum atomic E-state index is 13.1. The maximum Gasteiger partial charge on any atom is 0.241 e. The van der Waals surface area contributed by atoms with Crippen LogP contribution < -0.4 is 9.64 Å². The predicted octanol–water partition coefficient (Wildman–Crippen LogP) is 1.09. The van der Waals surface area contributed by atoms with Crippen LogP contribution >= 0.6 is 0 Å². The van der Waals surface area contributed by atoms with Gasteiger partial charge in [-0.15, -0.1) is 0 Å². The molecule has 0 radical (unpaired) electrons. The highest BCUT2D eigenvalue weighted by atomic mass is 16.5. The number of anilines is 1. The van der Waals surface area contributed by atoms with E-state index in [9.17, 15) is 19.5 Å². The summed E-state index contributed by atoms with van der Waals surface area (Å²) < 4.78 is 11.3. The summed E-state index contributed by atoms with van der Waals surface area (Å²) in [7, 11) is 0. The van der Waals surface area contributed by atoms with Crippen molar-refractivity contribution in [3.05, 3.63) is 35.9 Å². The molecule has 2 saturated heterocycles. The van der Waals surface area contributed by atoms with E-state index in [1.54, 1.807) is 31.2 Å². The first-order chi connectivity index (χ1) is 12.4. The Hall–Kier alpha value is -2.51. The number of hydrogen-bond donors (Lipinski definition) is 1. The van der Waals surface area contributed by atoms with Crippen molar-refractivity contribution in [2.45, 2.75) is 25.6 Å². The molecule has 7 nitrogen and oxygen atoms in total. The smallest absolute Gasteiger partial charge is 0.241 e. The first kappa shape index (κ1) is 16.9. The molecule has 1 N–H and O–H groups in total. The van der Waals surface area contributed by atoms with E-state index >= 15 is 0 Å². The average Bonchev–Trinajstić information content (AvgIpc) is 3.27. The number of rotatable bonds is 5. The van der Waals surface area contributed by atoms with Gasteiger partial charge in [-0.2, -0.15) is 0 Å². The molecule has 4 atom stereocenters. The van der Waals surface area contributed by atoms with Gasteiger partial charge in [0.25, 0.3) is 0 Å². The van der Waals surface area contributed by atoms with Gasteiger partial charge in [-0.1, -0.05) is 12.2 Å². The molecular weight excluding hydrogens is 338 g/mol. The van der Waals surface area contributed by atoms with Crippen molar-refractivity contribution in [2.75, 3.05) is 18.1 Å². The molecule has 2 fully saturated rings. The molecule has 4 rings (SSSR count). The normalized spacial score (nSPS) is 31.7. The van der Waals surface area contributed by atoms with Gasteiger partial charge in [0, 0.05) is 5.56 Å². The Morgan fingerprint density at radius 3 is 2.77 bits per heavy atom. The lowest BCUT2D eigenvalue weighted by Gasteiger charge is -2.27. The van der Waals surface area contributed by atoms with Crippen molar-refractivity contribution < 1.29 is 29.0 Å². The summed E-state index contributed by atoms with van der Waals surface area (Å²) in [5.74, 6) is -2.10. The van der Waals surface area contributed by atoms with E-state index < -0.39 is 35.4 Å². The first-order valence-corrected chi connectivity index (χ1v) is 8.57. The molecule has 3 aliphatic rings. The fourth-order valence-corrected chi connectivity index (χ4v) is 4.11. The van der Waals surface area contributed by atoms with E-state index in [0.29, 0.717) is 17.9 Å². The topological polar surface area (TPSA) is 93.1 Å². The van der Waals surface area contributed by atoms with Gasteiger partial charge in [0.05, 0.1) is 36.8 Å². The van der Waals surface area contributed by atoms with Crippen LogP contribution in [0.2, 0.25) is 0 Å². The third-order valence-corrected chi connectivity index (χ3v) is 5.31. The van der Waals surface area contributed by atoms with E-state index in [1.807, 2.05) is 0 Å². The molecule has 0 aromatic heterocycles. The minimum absolute atomic E-state index is 0.175. The summed E-state index contributed by atoms with van der Waals surface area (Å²) in [5, 5.41) is 9.78. The molecule has 136 valence electrons. The Morgan fingerprint density at radius 2 is 2.12 bits per heavy atom. The van der Waals surface area contributed by atoms with Gasteiger partial charge >= 0.3 is 0 Å². The summed E-state index contributed by atoms with van der Waals surface area (Å²) in [6.45, 7) is 3.19. The van der Waals surface area contributed by atoms with Crippen molar-refractivity contribution in [1.29, 1.82) is 0 Å². The lowest BCUT2D eigenvalue weighted by molar-refractivity contribution is -0.128. The highest BCUT2D eigenvalue weighted by Gasteiger charge is 2.67.